The molecule has 44 heavy (non-hydrogen) atoms. The van der Waals surface area contributed by atoms with Gasteiger partial charge in [0, 0.05) is 0 Å². The van der Waals surface area contributed by atoms with E-state index in [-0.39, 0.29) is 0 Å². The largest absolute Gasteiger partial charge is 0.0840 e. The molecule has 0 saturated carbocycles. The topological polar surface area (TPSA) is 0 Å². The zero-order valence-electron chi connectivity index (χ0n) is 30.0. The van der Waals surface area contributed by atoms with E-state index in [2.05, 4.69) is 165 Å². The van der Waals surface area contributed by atoms with E-state index < -0.39 is 0 Å². The molecule has 0 saturated heterocycles. The van der Waals surface area contributed by atoms with Gasteiger partial charge in [-0.2, -0.15) is 0 Å². The Kier molecular flexibility index (Phi) is 19.5. The van der Waals surface area contributed by atoms with E-state index in [0.29, 0.717) is 0 Å². The summed E-state index contributed by atoms with van der Waals surface area (Å²) in [6.07, 6.45) is 19.5. The molecule has 0 spiro atoms. The summed E-state index contributed by atoms with van der Waals surface area (Å²) in [6.45, 7) is 23.8. The van der Waals surface area contributed by atoms with Gasteiger partial charge in [-0.05, 0) is 110 Å². The second-order valence-corrected chi connectivity index (χ2v) is 12.0. The van der Waals surface area contributed by atoms with Crippen LogP contribution in [0.15, 0.2) is 109 Å². The number of aryl methyl sites for hydroxylation is 3. The zero-order chi connectivity index (χ0) is 32.9. The molecule has 0 heterocycles. The molecule has 5 rings (SSSR count). The maximum Gasteiger partial charge on any atom is -0.0149 e. The van der Waals surface area contributed by atoms with E-state index in [9.17, 15) is 0 Å². The number of hydrogen-bond donors (Lipinski definition) is 0. The van der Waals surface area contributed by atoms with Gasteiger partial charge in [0.25, 0.3) is 0 Å². The first-order valence-electron chi connectivity index (χ1n) is 17.1. The predicted molar refractivity (Wildman–Crippen MR) is 201 cm³/mol. The summed E-state index contributed by atoms with van der Waals surface area (Å²) in [6, 6.07) is 23.9. The summed E-state index contributed by atoms with van der Waals surface area (Å²) in [4.78, 5) is 0. The van der Waals surface area contributed by atoms with Crippen LogP contribution in [0.2, 0.25) is 0 Å². The van der Waals surface area contributed by atoms with Crippen LogP contribution in [0.1, 0.15) is 108 Å². The van der Waals surface area contributed by atoms with E-state index in [0.717, 1.165) is 24.7 Å². The first-order chi connectivity index (χ1) is 21.2. The Morgan fingerprint density at radius 3 is 1.73 bits per heavy atom. The summed E-state index contributed by atoms with van der Waals surface area (Å²) < 4.78 is 0. The van der Waals surface area contributed by atoms with Gasteiger partial charge in [-0.15, -0.1) is 0 Å². The molecule has 0 N–H and O–H groups in total. The molecule has 0 nitrogen and oxygen atoms in total. The van der Waals surface area contributed by atoms with Gasteiger partial charge in [-0.1, -0.05) is 163 Å². The molecular formula is C44H62. The minimum atomic E-state index is 0.787. The lowest BCUT2D eigenvalue weighted by molar-refractivity contribution is 0.467. The van der Waals surface area contributed by atoms with Crippen LogP contribution >= 0.6 is 0 Å². The third-order valence-electron chi connectivity index (χ3n) is 8.22. The summed E-state index contributed by atoms with van der Waals surface area (Å²) in [5, 5.41) is 0. The van der Waals surface area contributed by atoms with Gasteiger partial charge in [0.15, 0.2) is 0 Å². The molecule has 0 fully saturated rings. The monoisotopic (exact) mass is 590 g/mol. The standard InChI is InChI=1S/C21H22.C9H14.C8H10.C4H10.C2H6/c1-15-11-13-18(14-12-15)20-9-6-10-21(17(20)3)19-8-5-4-7-16(19)2;1-8(2)9-6-4-3-5-7-9;1-7-5-3-4-6-8(7)2;1-3-4-2;1-2/h4,6-7,9-14H,5,8H2,1-3H3;3-6,8-9H,7H2,1-2H3;3-6H,1-2H3;3-4H2,1-2H3;1-2H3. The van der Waals surface area contributed by atoms with Gasteiger partial charge in [-0.25, -0.2) is 0 Å². The first kappa shape index (κ1) is 38.6. The molecule has 0 amide bonds. The molecule has 3 aromatic carbocycles. The van der Waals surface area contributed by atoms with Crippen LogP contribution in [0.25, 0.3) is 16.7 Å². The van der Waals surface area contributed by atoms with Crippen LogP contribution in [-0.4, -0.2) is 0 Å². The van der Waals surface area contributed by atoms with Crippen molar-refractivity contribution in [3.8, 4) is 11.1 Å². The highest BCUT2D eigenvalue weighted by Crippen LogP contribution is 2.34. The maximum absolute atomic E-state index is 2.30. The Hall–Kier alpha value is -3.38. The van der Waals surface area contributed by atoms with Gasteiger partial charge >= 0.3 is 0 Å². The fourth-order valence-corrected chi connectivity index (χ4v) is 4.90. The predicted octanol–water partition coefficient (Wildman–Crippen LogP) is 14.0. The van der Waals surface area contributed by atoms with Gasteiger partial charge in [0.1, 0.15) is 0 Å². The Morgan fingerprint density at radius 1 is 0.682 bits per heavy atom. The minimum absolute atomic E-state index is 0.787. The van der Waals surface area contributed by atoms with Crippen molar-refractivity contribution in [2.75, 3.05) is 0 Å². The van der Waals surface area contributed by atoms with Crippen molar-refractivity contribution in [3.63, 3.8) is 0 Å². The first-order valence-corrected chi connectivity index (χ1v) is 17.1. The van der Waals surface area contributed by atoms with Crippen molar-refractivity contribution in [3.05, 3.63) is 137 Å². The third-order valence-corrected chi connectivity index (χ3v) is 8.22. The lowest BCUT2D eigenvalue weighted by Gasteiger charge is -2.18. The van der Waals surface area contributed by atoms with Crippen molar-refractivity contribution >= 4 is 5.57 Å². The molecule has 0 aromatic heterocycles. The Balaban J connectivity index is 0.000000347. The number of benzene rings is 3. The fourth-order valence-electron chi connectivity index (χ4n) is 4.90. The van der Waals surface area contributed by atoms with Crippen LogP contribution < -0.4 is 0 Å². The van der Waals surface area contributed by atoms with Crippen molar-refractivity contribution in [2.45, 2.75) is 108 Å². The van der Waals surface area contributed by atoms with Gasteiger partial charge in [0.05, 0.1) is 0 Å². The van der Waals surface area contributed by atoms with Crippen LogP contribution in [0.4, 0.5) is 0 Å². The molecule has 238 valence electrons. The maximum atomic E-state index is 2.30. The average molecular weight is 591 g/mol. The quantitative estimate of drug-likeness (QED) is 0.283. The average Bonchev–Trinajstić information content (AvgIpc) is 3.06. The SMILES string of the molecule is CC.CC(C)C1C=CC=CC1.CC1=C(c2cccc(-c3ccc(C)cc3)c2C)CCC=C1.CCCC.Cc1ccccc1C. The molecule has 0 aliphatic heterocycles. The summed E-state index contributed by atoms with van der Waals surface area (Å²) in [7, 11) is 0. The summed E-state index contributed by atoms with van der Waals surface area (Å²) in [5.74, 6) is 1.58. The highest BCUT2D eigenvalue weighted by molar-refractivity contribution is 5.80. The van der Waals surface area contributed by atoms with Gasteiger partial charge in [0.2, 0.25) is 0 Å². The van der Waals surface area contributed by atoms with Crippen molar-refractivity contribution in [1.82, 2.24) is 0 Å². The minimum Gasteiger partial charge on any atom is -0.0840 e. The summed E-state index contributed by atoms with van der Waals surface area (Å²) in [5.41, 5.74) is 12.4. The zero-order valence-corrected chi connectivity index (χ0v) is 30.0. The molecule has 0 bridgehead atoms. The number of rotatable bonds is 4. The van der Waals surface area contributed by atoms with Crippen molar-refractivity contribution in [1.29, 1.82) is 0 Å². The summed E-state index contributed by atoms with van der Waals surface area (Å²) >= 11 is 0. The smallest absolute Gasteiger partial charge is 0.0149 e. The highest BCUT2D eigenvalue weighted by Gasteiger charge is 2.13. The lowest BCUT2D eigenvalue weighted by atomic mass is 9.87. The molecule has 2 aliphatic rings. The fraction of sp³-hybridized carbons (Fsp3) is 0.409. The molecule has 3 aromatic rings. The molecule has 0 heteroatoms. The highest BCUT2D eigenvalue weighted by atomic mass is 14.2. The van der Waals surface area contributed by atoms with Crippen LogP contribution in [0.5, 0.6) is 0 Å². The van der Waals surface area contributed by atoms with E-state index >= 15 is 0 Å². The third kappa shape index (κ3) is 13.5. The Morgan fingerprint density at radius 2 is 1.27 bits per heavy atom. The van der Waals surface area contributed by atoms with Crippen molar-refractivity contribution in [2.24, 2.45) is 11.8 Å². The van der Waals surface area contributed by atoms with Crippen LogP contribution in [0, 0.1) is 39.5 Å². The molecule has 1 atom stereocenters. The normalized spacial score (nSPS) is 14.7. The van der Waals surface area contributed by atoms with Gasteiger partial charge < -0.3 is 0 Å². The number of allylic oxidation sites excluding steroid dienone is 8. The lowest BCUT2D eigenvalue weighted by Crippen LogP contribution is -2.05. The molecule has 1 unspecified atom stereocenters. The Labute approximate surface area is 272 Å². The second-order valence-electron chi connectivity index (χ2n) is 12.0. The van der Waals surface area contributed by atoms with E-state index in [1.807, 2.05) is 13.8 Å². The van der Waals surface area contributed by atoms with E-state index in [4.69, 9.17) is 0 Å². The number of unbranched alkanes of at least 4 members (excludes halogenated alkanes) is 1. The molecular weight excluding hydrogens is 528 g/mol. The number of hydrogen-bond acceptors (Lipinski definition) is 0. The van der Waals surface area contributed by atoms with Crippen molar-refractivity contribution < 1.29 is 0 Å². The second kappa shape index (κ2) is 22.2. The van der Waals surface area contributed by atoms with E-state index in [1.54, 1.807) is 0 Å². The molecule has 0 radical (unpaired) electrons. The van der Waals surface area contributed by atoms with Gasteiger partial charge in [-0.3, -0.25) is 0 Å². The van der Waals surface area contributed by atoms with Crippen LogP contribution in [-0.2, 0) is 0 Å². The molecule has 2 aliphatic carbocycles. The van der Waals surface area contributed by atoms with Crippen LogP contribution in [0.3, 0.4) is 0 Å². The Bertz CT molecular complexity index is 1300. The van der Waals surface area contributed by atoms with E-state index in [1.165, 1.54) is 69.4 Å².